The van der Waals surface area contributed by atoms with Gasteiger partial charge in [0.2, 0.25) is 0 Å². The van der Waals surface area contributed by atoms with E-state index in [0.717, 1.165) is 67.1 Å². The van der Waals surface area contributed by atoms with Crippen molar-refractivity contribution in [2.45, 2.75) is 13.1 Å². The molecular weight excluding hydrogens is 418 g/mol. The number of hydrogen-bond donors (Lipinski definition) is 1. The van der Waals surface area contributed by atoms with Gasteiger partial charge in [-0.3, -0.25) is 9.89 Å². The van der Waals surface area contributed by atoms with Crippen LogP contribution in [0.2, 0.25) is 0 Å². The molecular formula is C24H31N7O2. The van der Waals surface area contributed by atoms with Crippen LogP contribution in [0.3, 0.4) is 0 Å². The average molecular weight is 450 g/mol. The van der Waals surface area contributed by atoms with Gasteiger partial charge in [0.05, 0.1) is 14.2 Å². The van der Waals surface area contributed by atoms with E-state index in [4.69, 9.17) is 9.47 Å². The third-order valence-electron chi connectivity index (χ3n) is 5.76. The summed E-state index contributed by atoms with van der Waals surface area (Å²) in [6.07, 6.45) is 5.44. The molecule has 0 bridgehead atoms. The first-order valence-corrected chi connectivity index (χ1v) is 11.0. The Balaban J connectivity index is 1.31. The second-order valence-corrected chi connectivity index (χ2v) is 7.81. The minimum atomic E-state index is 0.671. The van der Waals surface area contributed by atoms with E-state index in [-0.39, 0.29) is 0 Å². The maximum Gasteiger partial charge on any atom is 0.194 e. The summed E-state index contributed by atoms with van der Waals surface area (Å²) < 4.78 is 12.7. The number of nitrogens with zero attached hydrogens (tertiary/aromatic N) is 6. The first-order valence-electron chi connectivity index (χ1n) is 11.0. The fourth-order valence-corrected chi connectivity index (χ4v) is 3.98. The van der Waals surface area contributed by atoms with Gasteiger partial charge in [-0.1, -0.05) is 0 Å². The third kappa shape index (κ3) is 5.61. The van der Waals surface area contributed by atoms with Crippen LogP contribution >= 0.6 is 0 Å². The Bertz CT molecular complexity index is 1060. The number of aromatic nitrogens is 3. The molecule has 1 aliphatic rings. The molecule has 1 N–H and O–H groups in total. The lowest BCUT2D eigenvalue weighted by molar-refractivity contribution is 0.171. The zero-order valence-electron chi connectivity index (χ0n) is 19.4. The van der Waals surface area contributed by atoms with Crippen molar-refractivity contribution >= 4 is 5.96 Å². The molecule has 1 saturated heterocycles. The van der Waals surface area contributed by atoms with Gasteiger partial charge in [-0.25, -0.2) is 9.67 Å². The second kappa shape index (κ2) is 10.8. The smallest absolute Gasteiger partial charge is 0.194 e. The quantitative estimate of drug-likeness (QED) is 0.437. The lowest BCUT2D eigenvalue weighted by Gasteiger charge is -2.36. The number of pyridine rings is 1. The molecule has 9 nitrogen and oxygen atoms in total. The molecule has 3 aromatic rings. The van der Waals surface area contributed by atoms with E-state index in [2.05, 4.69) is 36.3 Å². The summed E-state index contributed by atoms with van der Waals surface area (Å²) in [7, 11) is 5.23. The van der Waals surface area contributed by atoms with Crippen LogP contribution in [0.5, 0.6) is 11.5 Å². The van der Waals surface area contributed by atoms with Crippen LogP contribution < -0.4 is 14.8 Å². The minimum absolute atomic E-state index is 0.671. The Hall–Kier alpha value is -3.59. The van der Waals surface area contributed by atoms with Gasteiger partial charge in [0.1, 0.15) is 11.5 Å². The molecule has 1 aromatic carbocycles. The Morgan fingerprint density at radius 2 is 1.91 bits per heavy atom. The fourth-order valence-electron chi connectivity index (χ4n) is 3.98. The van der Waals surface area contributed by atoms with Crippen molar-refractivity contribution < 1.29 is 9.47 Å². The number of rotatable bonds is 7. The maximum absolute atomic E-state index is 5.54. The van der Waals surface area contributed by atoms with E-state index in [0.29, 0.717) is 6.54 Å². The summed E-state index contributed by atoms with van der Waals surface area (Å²) in [6, 6.07) is 11.9. The number of methoxy groups -OCH3 is 2. The summed E-state index contributed by atoms with van der Waals surface area (Å²) in [5, 5.41) is 7.74. The van der Waals surface area contributed by atoms with Crippen LogP contribution in [0.25, 0.3) is 5.82 Å². The normalized spacial score (nSPS) is 14.9. The first kappa shape index (κ1) is 22.6. The number of nitrogens with one attached hydrogen (secondary N) is 1. The summed E-state index contributed by atoms with van der Waals surface area (Å²) in [6.45, 7) is 5.19. The molecule has 0 radical (unpaired) electrons. The van der Waals surface area contributed by atoms with Crippen molar-refractivity contribution in [1.29, 1.82) is 0 Å². The maximum atomic E-state index is 5.54. The van der Waals surface area contributed by atoms with Crippen LogP contribution in [-0.2, 0) is 13.1 Å². The van der Waals surface area contributed by atoms with Gasteiger partial charge in [0.25, 0.3) is 0 Å². The standard InChI is InChI=1S/C24H31N7O2/c1-25-24(27-17-19-7-9-26-23(15-19)31-10-4-8-28-31)30-13-11-29(12-14-30)18-20-16-21(32-2)5-6-22(20)33-3/h4-10,15-16H,11-14,17-18H2,1-3H3,(H,25,27). The van der Waals surface area contributed by atoms with Crippen molar-refractivity contribution in [3.8, 4) is 17.3 Å². The van der Waals surface area contributed by atoms with Crippen molar-refractivity contribution in [2.24, 2.45) is 4.99 Å². The molecule has 0 amide bonds. The Labute approximate surface area is 194 Å². The Kier molecular flexibility index (Phi) is 7.41. The van der Waals surface area contributed by atoms with E-state index in [9.17, 15) is 0 Å². The molecule has 1 fully saturated rings. The molecule has 174 valence electrons. The zero-order valence-corrected chi connectivity index (χ0v) is 19.4. The lowest BCUT2D eigenvalue weighted by atomic mass is 10.1. The first-order chi connectivity index (χ1) is 16.2. The average Bonchev–Trinajstić information content (AvgIpc) is 3.41. The number of hydrogen-bond acceptors (Lipinski definition) is 6. The molecule has 1 aliphatic heterocycles. The van der Waals surface area contributed by atoms with Gasteiger partial charge in [-0.05, 0) is 42.0 Å². The molecule has 0 aliphatic carbocycles. The van der Waals surface area contributed by atoms with Crippen LogP contribution in [0, 0.1) is 0 Å². The highest BCUT2D eigenvalue weighted by Gasteiger charge is 2.21. The number of benzene rings is 1. The molecule has 9 heteroatoms. The third-order valence-corrected chi connectivity index (χ3v) is 5.76. The predicted octanol–water partition coefficient (Wildman–Crippen LogP) is 2.18. The van der Waals surface area contributed by atoms with Gasteiger partial charge in [0.15, 0.2) is 11.8 Å². The molecule has 0 unspecified atom stereocenters. The number of guanidine groups is 1. The summed E-state index contributed by atoms with van der Waals surface area (Å²) in [5.41, 5.74) is 2.26. The van der Waals surface area contributed by atoms with Crippen LogP contribution in [0.15, 0.2) is 60.0 Å². The number of piperazine rings is 1. The molecule has 3 heterocycles. The van der Waals surface area contributed by atoms with E-state index in [1.165, 1.54) is 0 Å². The van der Waals surface area contributed by atoms with Gasteiger partial charge in [-0.2, -0.15) is 5.10 Å². The van der Waals surface area contributed by atoms with Crippen LogP contribution in [-0.4, -0.2) is 78.0 Å². The minimum Gasteiger partial charge on any atom is -0.497 e. The second-order valence-electron chi connectivity index (χ2n) is 7.81. The number of aliphatic imine (C=N–C) groups is 1. The highest BCUT2D eigenvalue weighted by molar-refractivity contribution is 5.80. The zero-order chi connectivity index (χ0) is 23.0. The largest absolute Gasteiger partial charge is 0.497 e. The van der Waals surface area contributed by atoms with Crippen LogP contribution in [0.4, 0.5) is 0 Å². The predicted molar refractivity (Wildman–Crippen MR) is 128 cm³/mol. The molecule has 0 saturated carbocycles. The summed E-state index contributed by atoms with van der Waals surface area (Å²) in [5.74, 6) is 3.45. The van der Waals surface area contributed by atoms with Gasteiger partial charge in [0, 0.05) is 70.5 Å². The Morgan fingerprint density at radius 3 is 2.61 bits per heavy atom. The summed E-state index contributed by atoms with van der Waals surface area (Å²) >= 11 is 0. The Morgan fingerprint density at radius 1 is 1.06 bits per heavy atom. The van der Waals surface area contributed by atoms with Gasteiger partial charge in [-0.15, -0.1) is 0 Å². The molecule has 33 heavy (non-hydrogen) atoms. The monoisotopic (exact) mass is 449 g/mol. The van der Waals surface area contributed by atoms with E-state index in [1.54, 1.807) is 25.1 Å². The number of ether oxygens (including phenoxy) is 2. The summed E-state index contributed by atoms with van der Waals surface area (Å²) in [4.78, 5) is 13.6. The molecule has 0 atom stereocenters. The van der Waals surface area contributed by atoms with E-state index < -0.39 is 0 Å². The highest BCUT2D eigenvalue weighted by Crippen LogP contribution is 2.25. The molecule has 0 spiro atoms. The van der Waals surface area contributed by atoms with Crippen LogP contribution in [0.1, 0.15) is 11.1 Å². The van der Waals surface area contributed by atoms with Crippen molar-refractivity contribution in [2.75, 3.05) is 47.4 Å². The van der Waals surface area contributed by atoms with Crippen molar-refractivity contribution in [3.05, 3.63) is 66.1 Å². The van der Waals surface area contributed by atoms with E-state index in [1.807, 2.05) is 49.8 Å². The van der Waals surface area contributed by atoms with Crippen molar-refractivity contribution in [1.82, 2.24) is 29.9 Å². The van der Waals surface area contributed by atoms with Gasteiger partial charge < -0.3 is 19.7 Å². The molecule has 2 aromatic heterocycles. The lowest BCUT2D eigenvalue weighted by Crippen LogP contribution is -2.52. The molecule has 4 rings (SSSR count). The SMILES string of the molecule is CN=C(NCc1ccnc(-n2cccn2)c1)N1CCN(Cc2cc(OC)ccc2OC)CC1. The highest BCUT2D eigenvalue weighted by atomic mass is 16.5. The topological polar surface area (TPSA) is 80.0 Å². The van der Waals surface area contributed by atoms with E-state index >= 15 is 0 Å². The fraction of sp³-hybridized carbons (Fsp3) is 0.375. The van der Waals surface area contributed by atoms with Gasteiger partial charge >= 0.3 is 0 Å². The van der Waals surface area contributed by atoms with Crippen molar-refractivity contribution in [3.63, 3.8) is 0 Å².